The molecule has 2 aliphatic carbocycles. The number of Topliss-reactive ketones (excluding diaryl/α,β-unsaturated/α-hetero) is 1. The number of imide groups is 1. The second-order valence-electron chi connectivity index (χ2n) is 7.70. The molecule has 1 saturated carbocycles. The number of hydrogen-bond donors (Lipinski definition) is 0. The molecule has 0 spiro atoms. The second kappa shape index (κ2) is 6.65. The van der Waals surface area contributed by atoms with Crippen LogP contribution in [0.15, 0.2) is 60.7 Å². The molecule has 0 unspecified atom stereocenters. The van der Waals surface area contributed by atoms with Crippen LogP contribution in [0.25, 0.3) is 0 Å². The van der Waals surface area contributed by atoms with Crippen LogP contribution in [0.2, 0.25) is 0 Å². The van der Waals surface area contributed by atoms with Crippen molar-refractivity contribution in [2.45, 2.75) is 6.42 Å². The Bertz CT molecular complexity index is 1020. The number of benzene rings is 2. The van der Waals surface area contributed by atoms with E-state index in [0.717, 1.165) is 6.42 Å². The largest absolute Gasteiger partial charge is 0.483 e. The standard InChI is InChI=1S/C23H18FNO4/c24-16-9-7-13(8-10-16)18(26)12-29-19-4-2-1-3-17(19)25-22(27)20-14-5-6-15(11-14)21(20)23(25)28/h1-10,14-15,20-21H,11-12H2/t14-,15-,20-,21-/m0/s1. The van der Waals surface area contributed by atoms with Gasteiger partial charge >= 0.3 is 0 Å². The van der Waals surface area contributed by atoms with Gasteiger partial charge in [-0.1, -0.05) is 24.3 Å². The topological polar surface area (TPSA) is 63.7 Å². The SMILES string of the molecule is O=C(COc1ccccc1N1C(=O)[C@@H]2[C@@H](C1=O)[C@H]1C=C[C@H]2C1)c1ccc(F)cc1. The predicted molar refractivity (Wildman–Crippen MR) is 103 cm³/mol. The number of anilines is 1. The van der Waals surface area contributed by atoms with Gasteiger partial charge in [0.25, 0.3) is 0 Å². The van der Waals surface area contributed by atoms with Gasteiger partial charge in [-0.05, 0) is 54.7 Å². The highest BCUT2D eigenvalue weighted by Crippen LogP contribution is 2.53. The van der Waals surface area contributed by atoms with E-state index in [9.17, 15) is 18.8 Å². The zero-order chi connectivity index (χ0) is 20.1. The van der Waals surface area contributed by atoms with Crippen LogP contribution in [0.5, 0.6) is 5.75 Å². The summed E-state index contributed by atoms with van der Waals surface area (Å²) in [7, 11) is 0. The van der Waals surface area contributed by atoms with Crippen LogP contribution >= 0.6 is 0 Å². The van der Waals surface area contributed by atoms with Gasteiger partial charge in [0.2, 0.25) is 11.8 Å². The van der Waals surface area contributed by atoms with Crippen molar-refractivity contribution in [3.05, 3.63) is 72.1 Å². The molecule has 2 amide bonds. The first-order valence-corrected chi connectivity index (χ1v) is 9.61. The van der Waals surface area contributed by atoms with Crippen LogP contribution in [0.4, 0.5) is 10.1 Å². The number of ether oxygens (including phenoxy) is 1. The Kier molecular flexibility index (Phi) is 4.08. The van der Waals surface area contributed by atoms with Crippen molar-refractivity contribution >= 4 is 23.3 Å². The van der Waals surface area contributed by atoms with E-state index in [4.69, 9.17) is 4.74 Å². The highest BCUT2D eigenvalue weighted by molar-refractivity contribution is 6.23. The number of rotatable bonds is 5. The molecule has 0 radical (unpaired) electrons. The second-order valence-corrected chi connectivity index (χ2v) is 7.70. The maximum Gasteiger partial charge on any atom is 0.238 e. The summed E-state index contributed by atoms with van der Waals surface area (Å²) in [4.78, 5) is 39.7. The summed E-state index contributed by atoms with van der Waals surface area (Å²) in [6.07, 6.45) is 4.96. The third-order valence-electron chi connectivity index (χ3n) is 6.10. The minimum atomic E-state index is -0.423. The number of carbonyl (C=O) groups excluding carboxylic acids is 3. The van der Waals surface area contributed by atoms with Gasteiger partial charge in [0.05, 0.1) is 17.5 Å². The quantitative estimate of drug-likeness (QED) is 0.445. The van der Waals surface area contributed by atoms with Gasteiger partial charge in [-0.2, -0.15) is 0 Å². The number of amides is 2. The van der Waals surface area contributed by atoms with Crippen molar-refractivity contribution in [2.75, 3.05) is 11.5 Å². The summed E-state index contributed by atoms with van der Waals surface area (Å²) in [5.41, 5.74) is 0.692. The van der Waals surface area contributed by atoms with E-state index < -0.39 is 5.82 Å². The van der Waals surface area contributed by atoms with E-state index in [1.165, 1.54) is 29.2 Å². The van der Waals surface area contributed by atoms with Gasteiger partial charge < -0.3 is 4.74 Å². The van der Waals surface area contributed by atoms with Crippen molar-refractivity contribution in [3.8, 4) is 5.75 Å². The first-order chi connectivity index (χ1) is 14.0. The molecule has 1 aliphatic heterocycles. The minimum Gasteiger partial charge on any atom is -0.483 e. The summed E-state index contributed by atoms with van der Waals surface area (Å²) in [5.74, 6) is -1.19. The Balaban J connectivity index is 1.38. The van der Waals surface area contributed by atoms with E-state index in [0.29, 0.717) is 17.0 Å². The molecular formula is C23H18FNO4. The Morgan fingerprint density at radius 3 is 2.24 bits per heavy atom. The first-order valence-electron chi connectivity index (χ1n) is 9.61. The van der Waals surface area contributed by atoms with Crippen LogP contribution < -0.4 is 9.64 Å². The van der Waals surface area contributed by atoms with Crippen LogP contribution in [-0.2, 0) is 9.59 Å². The van der Waals surface area contributed by atoms with Gasteiger partial charge in [-0.15, -0.1) is 0 Å². The van der Waals surface area contributed by atoms with E-state index in [-0.39, 0.29) is 47.9 Å². The van der Waals surface area contributed by atoms with Gasteiger partial charge in [-0.25, -0.2) is 9.29 Å². The van der Waals surface area contributed by atoms with Crippen molar-refractivity contribution < 1.29 is 23.5 Å². The average molecular weight is 391 g/mol. The number of fused-ring (bicyclic) bond motifs is 5. The van der Waals surface area contributed by atoms with Crippen molar-refractivity contribution in [2.24, 2.45) is 23.7 Å². The number of hydrogen-bond acceptors (Lipinski definition) is 4. The number of ketones is 1. The third kappa shape index (κ3) is 2.78. The van der Waals surface area contributed by atoms with Crippen LogP contribution in [0, 0.1) is 29.5 Å². The lowest BCUT2D eigenvalue weighted by Crippen LogP contribution is -2.33. The lowest BCUT2D eigenvalue weighted by molar-refractivity contribution is -0.123. The van der Waals surface area contributed by atoms with Crippen molar-refractivity contribution in [1.29, 1.82) is 0 Å². The summed E-state index contributed by atoms with van der Waals surface area (Å²) in [6, 6.07) is 11.9. The van der Waals surface area contributed by atoms with Gasteiger partial charge in [0.15, 0.2) is 12.4 Å². The monoisotopic (exact) mass is 391 g/mol. The zero-order valence-corrected chi connectivity index (χ0v) is 15.5. The average Bonchev–Trinajstić information content (AvgIpc) is 3.41. The number of carbonyl (C=O) groups is 3. The van der Waals surface area contributed by atoms with Crippen LogP contribution in [-0.4, -0.2) is 24.2 Å². The van der Waals surface area contributed by atoms with E-state index in [2.05, 4.69) is 0 Å². The maximum absolute atomic E-state index is 13.0. The van der Waals surface area contributed by atoms with Gasteiger partial charge in [0, 0.05) is 5.56 Å². The fourth-order valence-electron chi connectivity index (χ4n) is 4.77. The minimum absolute atomic E-state index is 0.125. The first kappa shape index (κ1) is 17.8. The molecule has 1 heterocycles. The zero-order valence-electron chi connectivity index (χ0n) is 15.5. The van der Waals surface area contributed by atoms with Crippen LogP contribution in [0.1, 0.15) is 16.8 Å². The molecule has 2 aromatic carbocycles. The van der Waals surface area contributed by atoms with Crippen molar-refractivity contribution in [1.82, 2.24) is 0 Å². The van der Waals surface area contributed by atoms with Crippen molar-refractivity contribution in [3.63, 3.8) is 0 Å². The molecule has 5 rings (SSSR count). The Hall–Kier alpha value is -3.28. The number of halogens is 1. The fourth-order valence-corrected chi connectivity index (χ4v) is 4.77. The molecule has 2 fully saturated rings. The Morgan fingerprint density at radius 1 is 0.966 bits per heavy atom. The smallest absolute Gasteiger partial charge is 0.238 e. The Morgan fingerprint density at radius 2 is 1.59 bits per heavy atom. The van der Waals surface area contributed by atoms with E-state index in [1.807, 2.05) is 12.2 Å². The van der Waals surface area contributed by atoms with E-state index >= 15 is 0 Å². The number of para-hydroxylation sites is 2. The molecule has 2 aromatic rings. The third-order valence-corrected chi connectivity index (χ3v) is 6.10. The summed E-state index contributed by atoms with van der Waals surface area (Å²) >= 11 is 0. The molecule has 146 valence electrons. The molecule has 29 heavy (non-hydrogen) atoms. The summed E-state index contributed by atoms with van der Waals surface area (Å²) < 4.78 is 18.7. The predicted octanol–water partition coefficient (Wildman–Crippen LogP) is 3.40. The van der Waals surface area contributed by atoms with Gasteiger partial charge in [-0.3, -0.25) is 14.4 Å². The fraction of sp³-hybridized carbons (Fsp3) is 0.261. The van der Waals surface area contributed by atoms with Crippen LogP contribution in [0.3, 0.4) is 0 Å². The molecule has 2 bridgehead atoms. The molecule has 3 aliphatic rings. The molecule has 1 saturated heterocycles. The maximum atomic E-state index is 13.0. The highest BCUT2D eigenvalue weighted by atomic mass is 19.1. The molecule has 0 N–H and O–H groups in total. The highest BCUT2D eigenvalue weighted by Gasteiger charge is 2.59. The molecule has 6 heteroatoms. The summed E-state index contributed by atoms with van der Waals surface area (Å²) in [5, 5.41) is 0. The lowest BCUT2D eigenvalue weighted by Gasteiger charge is -2.20. The molecule has 4 atom stereocenters. The molecular weight excluding hydrogens is 373 g/mol. The number of nitrogens with zero attached hydrogens (tertiary/aromatic N) is 1. The summed E-state index contributed by atoms with van der Waals surface area (Å²) in [6.45, 7) is -0.279. The van der Waals surface area contributed by atoms with Gasteiger partial charge in [0.1, 0.15) is 11.6 Å². The Labute approximate surface area is 166 Å². The normalized spacial score (nSPS) is 26.9. The molecule has 5 nitrogen and oxygen atoms in total. The van der Waals surface area contributed by atoms with E-state index in [1.54, 1.807) is 24.3 Å². The molecule has 0 aromatic heterocycles. The number of allylic oxidation sites excluding steroid dienone is 2. The lowest BCUT2D eigenvalue weighted by atomic mass is 9.85.